The second-order valence-corrected chi connectivity index (χ2v) is 5.04. The third-order valence-corrected chi connectivity index (χ3v) is 3.51. The zero-order valence-electron chi connectivity index (χ0n) is 9.95. The molecule has 96 valence electrons. The van der Waals surface area contributed by atoms with Crippen LogP contribution in [0.5, 0.6) is 0 Å². The Bertz CT molecular complexity index is 666. The maximum absolute atomic E-state index is 6.17. The molecule has 0 unspecified atom stereocenters. The number of hydrogen-bond acceptors (Lipinski definition) is 1. The van der Waals surface area contributed by atoms with E-state index in [1.807, 2.05) is 42.9 Å². The van der Waals surface area contributed by atoms with Crippen LogP contribution in [0.3, 0.4) is 0 Å². The molecule has 0 bridgehead atoms. The first-order valence-corrected chi connectivity index (χ1v) is 6.60. The summed E-state index contributed by atoms with van der Waals surface area (Å²) in [5, 5.41) is 1.21. The molecule has 5 heteroatoms. The molecule has 0 aliphatic heterocycles. The number of benzene rings is 1. The highest BCUT2D eigenvalue weighted by molar-refractivity contribution is 6.39. The van der Waals surface area contributed by atoms with Crippen molar-refractivity contribution in [1.29, 1.82) is 0 Å². The Kier molecular flexibility index (Phi) is 3.32. The lowest BCUT2D eigenvalue weighted by Crippen LogP contribution is -1.89. The van der Waals surface area contributed by atoms with Crippen LogP contribution in [0.15, 0.2) is 42.9 Å². The number of hydrogen-bond donors (Lipinski definition) is 2. The lowest BCUT2D eigenvalue weighted by Gasteiger charge is -2.02. The third-order valence-electron chi connectivity index (χ3n) is 2.88. The molecule has 0 amide bonds. The number of nitrogens with zero attached hydrogens (tertiary/aromatic N) is 1. The molecule has 0 atom stereocenters. The molecule has 0 saturated heterocycles. The van der Waals surface area contributed by atoms with Crippen LogP contribution in [-0.4, -0.2) is 15.0 Å². The number of aromatic nitrogens is 3. The number of rotatable bonds is 3. The molecule has 0 radical (unpaired) electrons. The van der Waals surface area contributed by atoms with Gasteiger partial charge in [-0.05, 0) is 23.8 Å². The van der Waals surface area contributed by atoms with Gasteiger partial charge < -0.3 is 9.97 Å². The van der Waals surface area contributed by atoms with Crippen molar-refractivity contribution in [1.82, 2.24) is 15.0 Å². The van der Waals surface area contributed by atoms with Gasteiger partial charge in [-0.25, -0.2) is 4.98 Å². The van der Waals surface area contributed by atoms with Crippen LogP contribution in [0.2, 0.25) is 10.0 Å². The van der Waals surface area contributed by atoms with Crippen molar-refractivity contribution in [2.45, 2.75) is 6.42 Å². The molecule has 0 spiro atoms. The van der Waals surface area contributed by atoms with Crippen LogP contribution in [0.1, 0.15) is 11.4 Å². The second kappa shape index (κ2) is 5.11. The summed E-state index contributed by atoms with van der Waals surface area (Å²) in [7, 11) is 0. The van der Waals surface area contributed by atoms with Crippen molar-refractivity contribution in [3.05, 3.63) is 64.3 Å². The lowest BCUT2D eigenvalue weighted by atomic mass is 10.2. The van der Waals surface area contributed by atoms with E-state index in [4.69, 9.17) is 23.2 Å². The zero-order valence-corrected chi connectivity index (χ0v) is 11.5. The van der Waals surface area contributed by atoms with Crippen LogP contribution in [0.4, 0.5) is 0 Å². The summed E-state index contributed by atoms with van der Waals surface area (Å²) in [6.45, 7) is 0. The summed E-state index contributed by atoms with van der Waals surface area (Å²) in [6, 6.07) is 7.46. The van der Waals surface area contributed by atoms with Gasteiger partial charge in [0, 0.05) is 30.6 Å². The van der Waals surface area contributed by atoms with Crippen LogP contribution in [0, 0.1) is 0 Å². The predicted molar refractivity (Wildman–Crippen MR) is 77.6 cm³/mol. The summed E-state index contributed by atoms with van der Waals surface area (Å²) in [5.41, 5.74) is 2.70. The van der Waals surface area contributed by atoms with Crippen LogP contribution in [0.25, 0.3) is 11.3 Å². The second-order valence-electron chi connectivity index (χ2n) is 4.23. The van der Waals surface area contributed by atoms with Gasteiger partial charge >= 0.3 is 0 Å². The van der Waals surface area contributed by atoms with Crippen molar-refractivity contribution < 1.29 is 0 Å². The molecule has 0 aliphatic carbocycles. The average molecular weight is 292 g/mol. The minimum atomic E-state index is 0.604. The van der Waals surface area contributed by atoms with E-state index in [1.165, 1.54) is 5.56 Å². The van der Waals surface area contributed by atoms with E-state index in [0.29, 0.717) is 10.0 Å². The van der Waals surface area contributed by atoms with E-state index in [1.54, 1.807) is 0 Å². The molecule has 2 heterocycles. The minimum Gasteiger partial charge on any atom is -0.367 e. The maximum atomic E-state index is 6.17. The number of aromatic amines is 2. The van der Waals surface area contributed by atoms with Gasteiger partial charge in [0.25, 0.3) is 0 Å². The Hall–Kier alpha value is -1.71. The molecule has 0 fully saturated rings. The van der Waals surface area contributed by atoms with Gasteiger partial charge in [0.15, 0.2) is 0 Å². The fourth-order valence-electron chi connectivity index (χ4n) is 1.98. The van der Waals surface area contributed by atoms with Gasteiger partial charge in [0.1, 0.15) is 5.82 Å². The van der Waals surface area contributed by atoms with Gasteiger partial charge in [-0.3, -0.25) is 0 Å². The summed E-state index contributed by atoms with van der Waals surface area (Å²) in [4.78, 5) is 10.7. The third kappa shape index (κ3) is 2.53. The largest absolute Gasteiger partial charge is 0.367 e. The van der Waals surface area contributed by atoms with Gasteiger partial charge in [0.05, 0.1) is 15.7 Å². The van der Waals surface area contributed by atoms with Crippen LogP contribution in [-0.2, 0) is 6.42 Å². The van der Waals surface area contributed by atoms with Crippen LogP contribution < -0.4 is 0 Å². The zero-order chi connectivity index (χ0) is 13.2. The van der Waals surface area contributed by atoms with Crippen molar-refractivity contribution in [2.24, 2.45) is 0 Å². The quantitative estimate of drug-likeness (QED) is 0.742. The van der Waals surface area contributed by atoms with Crippen molar-refractivity contribution in [2.75, 3.05) is 0 Å². The Balaban J connectivity index is 1.93. The number of H-pyrrole nitrogens is 2. The van der Waals surface area contributed by atoms with E-state index in [9.17, 15) is 0 Å². The summed E-state index contributed by atoms with van der Waals surface area (Å²) < 4.78 is 0. The molecular formula is C14H11Cl2N3. The van der Waals surface area contributed by atoms with E-state index < -0.39 is 0 Å². The molecule has 0 saturated carbocycles. The molecular weight excluding hydrogens is 281 g/mol. The van der Waals surface area contributed by atoms with E-state index in [2.05, 4.69) is 15.0 Å². The van der Waals surface area contributed by atoms with Crippen LogP contribution >= 0.6 is 23.2 Å². The van der Waals surface area contributed by atoms with Gasteiger partial charge in [0.2, 0.25) is 0 Å². The molecule has 0 aliphatic rings. The lowest BCUT2D eigenvalue weighted by molar-refractivity contribution is 1.03. The molecule has 19 heavy (non-hydrogen) atoms. The Labute approximate surface area is 120 Å². The van der Waals surface area contributed by atoms with E-state index >= 15 is 0 Å². The van der Waals surface area contributed by atoms with Gasteiger partial charge in [-0.15, -0.1) is 0 Å². The Morgan fingerprint density at radius 2 is 1.84 bits per heavy atom. The smallest absolute Gasteiger partial charge is 0.111 e. The predicted octanol–water partition coefficient (Wildman–Crippen LogP) is 4.30. The highest BCUT2D eigenvalue weighted by Crippen LogP contribution is 2.33. The first-order chi connectivity index (χ1) is 9.24. The summed E-state index contributed by atoms with van der Waals surface area (Å²) >= 11 is 12.3. The monoisotopic (exact) mass is 291 g/mol. The standard InChI is InChI=1S/C14H11Cl2N3/c15-10-2-1-3-11(16)14(10)12-8-18-13(19-12)6-9-4-5-17-7-9/h1-5,7-8,17H,6H2,(H,18,19). The Morgan fingerprint density at radius 3 is 2.53 bits per heavy atom. The number of imidazole rings is 1. The average Bonchev–Trinajstić information content (AvgIpc) is 3.02. The molecule has 2 N–H and O–H groups in total. The molecule has 3 aromatic rings. The first kappa shape index (κ1) is 12.3. The van der Waals surface area contributed by atoms with E-state index in [0.717, 1.165) is 23.5 Å². The summed E-state index contributed by atoms with van der Waals surface area (Å²) in [6.07, 6.45) is 6.41. The van der Waals surface area contributed by atoms with Crippen molar-refractivity contribution in [3.8, 4) is 11.3 Å². The first-order valence-electron chi connectivity index (χ1n) is 5.84. The molecule has 3 nitrogen and oxygen atoms in total. The van der Waals surface area contributed by atoms with E-state index in [-0.39, 0.29) is 0 Å². The summed E-state index contributed by atoms with van der Waals surface area (Å²) in [5.74, 6) is 0.880. The normalized spacial score (nSPS) is 10.8. The SMILES string of the molecule is Clc1cccc(Cl)c1-c1c[nH]c(Cc2cc[nH]c2)n1. The molecule has 2 aromatic heterocycles. The van der Waals surface area contributed by atoms with Gasteiger partial charge in [-0.2, -0.15) is 0 Å². The maximum Gasteiger partial charge on any atom is 0.111 e. The fraction of sp³-hybridized carbons (Fsp3) is 0.0714. The number of halogens is 2. The number of nitrogens with one attached hydrogen (secondary N) is 2. The minimum absolute atomic E-state index is 0.604. The topological polar surface area (TPSA) is 44.5 Å². The van der Waals surface area contributed by atoms with Gasteiger partial charge in [-0.1, -0.05) is 29.3 Å². The Morgan fingerprint density at radius 1 is 1.05 bits per heavy atom. The molecule has 3 rings (SSSR count). The van der Waals surface area contributed by atoms with Crippen molar-refractivity contribution >= 4 is 23.2 Å². The highest BCUT2D eigenvalue weighted by Gasteiger charge is 2.11. The molecule has 1 aromatic carbocycles. The van der Waals surface area contributed by atoms with Crippen molar-refractivity contribution in [3.63, 3.8) is 0 Å². The highest BCUT2D eigenvalue weighted by atomic mass is 35.5. The fourth-order valence-corrected chi connectivity index (χ4v) is 2.58.